The molecule has 1 fully saturated rings. The lowest BCUT2D eigenvalue weighted by molar-refractivity contribution is 0.0551. The van der Waals surface area contributed by atoms with Crippen molar-refractivity contribution in [2.24, 2.45) is 0 Å². The second kappa shape index (κ2) is 5.02. The Hall–Kier alpha value is -0.480. The normalized spacial score (nSPS) is 26.2. The lowest BCUT2D eigenvalue weighted by Gasteiger charge is -2.19. The molecule has 3 unspecified atom stereocenters. The summed E-state index contributed by atoms with van der Waals surface area (Å²) in [6.45, 7) is 3.55. The first kappa shape index (κ1) is 13.0. The molecule has 0 radical (unpaired) electrons. The van der Waals surface area contributed by atoms with Gasteiger partial charge in [0.2, 0.25) is 0 Å². The number of hydrogen-bond donors (Lipinski definition) is 0. The van der Waals surface area contributed by atoms with E-state index in [-0.39, 0.29) is 28.7 Å². The van der Waals surface area contributed by atoms with Gasteiger partial charge in [-0.25, -0.2) is 8.78 Å². The van der Waals surface area contributed by atoms with Crippen molar-refractivity contribution < 1.29 is 13.5 Å². The van der Waals surface area contributed by atoms with Gasteiger partial charge in [0.05, 0.1) is 17.0 Å². The van der Waals surface area contributed by atoms with Gasteiger partial charge in [0.1, 0.15) is 11.6 Å². The van der Waals surface area contributed by atoms with Gasteiger partial charge in [0, 0.05) is 5.56 Å². The fourth-order valence-corrected chi connectivity index (χ4v) is 2.86. The first-order chi connectivity index (χ1) is 7.99. The molecular formula is C13H15BrF2O. The molecule has 0 bridgehead atoms. The van der Waals surface area contributed by atoms with Crippen LogP contribution in [-0.4, -0.2) is 12.2 Å². The topological polar surface area (TPSA) is 9.23 Å². The van der Waals surface area contributed by atoms with E-state index in [1.54, 1.807) is 6.92 Å². The summed E-state index contributed by atoms with van der Waals surface area (Å²) in [5.74, 6) is -0.758. The minimum absolute atomic E-state index is 0.0818. The van der Waals surface area contributed by atoms with Crippen LogP contribution in [0.15, 0.2) is 12.1 Å². The number of alkyl halides is 1. The van der Waals surface area contributed by atoms with Gasteiger partial charge in [-0.1, -0.05) is 15.9 Å². The highest BCUT2D eigenvalue weighted by Crippen LogP contribution is 2.37. The predicted octanol–water partition coefficient (Wildman–Crippen LogP) is 4.28. The van der Waals surface area contributed by atoms with E-state index in [1.807, 2.05) is 6.92 Å². The van der Waals surface area contributed by atoms with Gasteiger partial charge in [-0.3, -0.25) is 0 Å². The van der Waals surface area contributed by atoms with Crippen molar-refractivity contribution in [1.29, 1.82) is 0 Å². The third-order valence-corrected chi connectivity index (χ3v) is 4.25. The Morgan fingerprint density at radius 1 is 1.29 bits per heavy atom. The van der Waals surface area contributed by atoms with Gasteiger partial charge in [-0.15, -0.1) is 0 Å². The van der Waals surface area contributed by atoms with E-state index in [4.69, 9.17) is 4.74 Å². The van der Waals surface area contributed by atoms with Gasteiger partial charge in [-0.05, 0) is 44.4 Å². The zero-order chi connectivity index (χ0) is 12.6. The molecule has 0 saturated carbocycles. The molecule has 1 aromatic rings. The molecule has 17 heavy (non-hydrogen) atoms. The number of rotatable bonds is 2. The second-order valence-corrected chi connectivity index (χ2v) is 5.57. The highest BCUT2D eigenvalue weighted by Gasteiger charge is 2.30. The number of benzene rings is 1. The summed E-state index contributed by atoms with van der Waals surface area (Å²) in [5.41, 5.74) is 0.666. The van der Waals surface area contributed by atoms with E-state index < -0.39 is 0 Å². The first-order valence-corrected chi connectivity index (χ1v) is 6.65. The van der Waals surface area contributed by atoms with Crippen LogP contribution in [0.25, 0.3) is 0 Å². The molecule has 94 valence electrons. The maximum atomic E-state index is 13.8. The van der Waals surface area contributed by atoms with Crippen molar-refractivity contribution in [2.45, 2.75) is 43.7 Å². The quantitative estimate of drug-likeness (QED) is 0.741. The molecule has 0 aromatic heterocycles. The smallest absolute Gasteiger partial charge is 0.128 e. The van der Waals surface area contributed by atoms with Crippen LogP contribution in [0.2, 0.25) is 0 Å². The summed E-state index contributed by atoms with van der Waals surface area (Å²) >= 11 is 3.42. The van der Waals surface area contributed by atoms with Crippen molar-refractivity contribution in [1.82, 2.24) is 0 Å². The summed E-state index contributed by atoms with van der Waals surface area (Å²) in [7, 11) is 0. The summed E-state index contributed by atoms with van der Waals surface area (Å²) in [6, 6.07) is 2.49. The maximum absolute atomic E-state index is 13.8. The van der Waals surface area contributed by atoms with Crippen LogP contribution in [0.1, 0.15) is 35.7 Å². The molecular weight excluding hydrogens is 290 g/mol. The van der Waals surface area contributed by atoms with Gasteiger partial charge in [-0.2, -0.15) is 0 Å². The number of halogens is 3. The molecule has 0 N–H and O–H groups in total. The third kappa shape index (κ3) is 2.68. The van der Waals surface area contributed by atoms with E-state index in [1.165, 1.54) is 12.1 Å². The van der Waals surface area contributed by atoms with Crippen LogP contribution >= 0.6 is 15.9 Å². The van der Waals surface area contributed by atoms with Gasteiger partial charge >= 0.3 is 0 Å². The summed E-state index contributed by atoms with van der Waals surface area (Å²) < 4.78 is 32.9. The fraction of sp³-hybridized carbons (Fsp3) is 0.538. The molecule has 2 rings (SSSR count). The van der Waals surface area contributed by atoms with E-state index >= 15 is 0 Å². The van der Waals surface area contributed by atoms with Gasteiger partial charge < -0.3 is 4.74 Å². The van der Waals surface area contributed by atoms with Crippen LogP contribution in [0.4, 0.5) is 8.78 Å². The van der Waals surface area contributed by atoms with Gasteiger partial charge in [0.25, 0.3) is 0 Å². The molecule has 1 saturated heterocycles. The Labute approximate surface area is 108 Å². The van der Waals surface area contributed by atoms with E-state index in [0.717, 1.165) is 12.8 Å². The van der Waals surface area contributed by atoms with Crippen LogP contribution in [-0.2, 0) is 4.74 Å². The number of hydrogen-bond acceptors (Lipinski definition) is 1. The monoisotopic (exact) mass is 304 g/mol. The summed E-state index contributed by atoms with van der Waals surface area (Å²) in [6.07, 6.45) is 1.94. The SMILES string of the molecule is Cc1cc(F)c(C(Br)C2CCC(C)O2)cc1F. The van der Waals surface area contributed by atoms with Crippen molar-refractivity contribution in [2.75, 3.05) is 0 Å². The highest BCUT2D eigenvalue weighted by molar-refractivity contribution is 9.09. The molecule has 1 nitrogen and oxygen atoms in total. The van der Waals surface area contributed by atoms with Crippen LogP contribution in [0, 0.1) is 18.6 Å². The van der Waals surface area contributed by atoms with E-state index in [0.29, 0.717) is 11.1 Å². The van der Waals surface area contributed by atoms with Crippen molar-refractivity contribution in [3.63, 3.8) is 0 Å². The van der Waals surface area contributed by atoms with E-state index in [2.05, 4.69) is 15.9 Å². The minimum Gasteiger partial charge on any atom is -0.374 e. The van der Waals surface area contributed by atoms with E-state index in [9.17, 15) is 8.78 Å². The Morgan fingerprint density at radius 2 is 2.00 bits per heavy atom. The van der Waals surface area contributed by atoms with Gasteiger partial charge in [0.15, 0.2) is 0 Å². The van der Waals surface area contributed by atoms with Crippen LogP contribution in [0.3, 0.4) is 0 Å². The fourth-order valence-electron chi connectivity index (χ4n) is 2.12. The largest absolute Gasteiger partial charge is 0.374 e. The maximum Gasteiger partial charge on any atom is 0.128 e. The molecule has 1 aromatic carbocycles. The van der Waals surface area contributed by atoms with Crippen LogP contribution in [0.5, 0.6) is 0 Å². The molecule has 4 heteroatoms. The molecule has 0 aliphatic carbocycles. The average molecular weight is 305 g/mol. The molecule has 1 aliphatic rings. The molecule has 1 heterocycles. The molecule has 3 atom stereocenters. The Bertz CT molecular complexity index is 422. The summed E-state index contributed by atoms with van der Waals surface area (Å²) in [4.78, 5) is -0.289. The zero-order valence-corrected chi connectivity index (χ0v) is 11.4. The lowest BCUT2D eigenvalue weighted by Crippen LogP contribution is -2.15. The standard InChI is InChI=1S/C13H15BrF2O/c1-7-5-11(16)9(6-10(7)15)13(14)12-4-3-8(2)17-12/h5-6,8,12-13H,3-4H2,1-2H3. The Kier molecular flexibility index (Phi) is 3.83. The van der Waals surface area contributed by atoms with Crippen molar-refractivity contribution in [3.05, 3.63) is 34.9 Å². The Morgan fingerprint density at radius 3 is 2.59 bits per heavy atom. The Balaban J connectivity index is 2.24. The first-order valence-electron chi connectivity index (χ1n) is 5.74. The zero-order valence-electron chi connectivity index (χ0n) is 9.84. The van der Waals surface area contributed by atoms with Crippen molar-refractivity contribution >= 4 is 15.9 Å². The molecule has 1 aliphatic heterocycles. The molecule has 0 spiro atoms. The molecule has 0 amide bonds. The average Bonchev–Trinajstić information content (AvgIpc) is 2.69. The lowest BCUT2D eigenvalue weighted by atomic mass is 10.0. The predicted molar refractivity (Wildman–Crippen MR) is 66.3 cm³/mol. The van der Waals surface area contributed by atoms with Crippen molar-refractivity contribution in [3.8, 4) is 0 Å². The second-order valence-electron chi connectivity index (χ2n) is 4.59. The minimum atomic E-state index is -0.381. The summed E-state index contributed by atoms with van der Waals surface area (Å²) in [5, 5.41) is 0. The number of ether oxygens (including phenoxy) is 1. The third-order valence-electron chi connectivity index (χ3n) is 3.17. The highest BCUT2D eigenvalue weighted by atomic mass is 79.9. The van der Waals surface area contributed by atoms with Crippen LogP contribution < -0.4 is 0 Å². The number of aryl methyl sites for hydroxylation is 1.